The van der Waals surface area contributed by atoms with Gasteiger partial charge in [0, 0.05) is 50.4 Å². The first-order chi connectivity index (χ1) is 13.4. The third-order valence-electron chi connectivity index (χ3n) is 4.98. The Morgan fingerprint density at radius 1 is 1.21 bits per heavy atom. The van der Waals surface area contributed by atoms with Gasteiger partial charge in [-0.25, -0.2) is 14.4 Å². The predicted octanol–water partition coefficient (Wildman–Crippen LogP) is 2.62. The number of likely N-dealkylation sites (tertiary alicyclic amines) is 1. The molecular weight excluding hydrogens is 357 g/mol. The molecular formula is C21H28FN5O. The van der Waals surface area contributed by atoms with Crippen molar-refractivity contribution in [2.75, 3.05) is 52.7 Å². The SMILES string of the molecule is CN(C)CC(=O)N1CCCC(c2nc(N(C)C)ncc2-c2ccccc2F)C1. The molecule has 6 nitrogen and oxygen atoms in total. The summed E-state index contributed by atoms with van der Waals surface area (Å²) < 4.78 is 14.5. The van der Waals surface area contributed by atoms with Gasteiger partial charge in [0.15, 0.2) is 0 Å². The van der Waals surface area contributed by atoms with E-state index in [1.54, 1.807) is 18.3 Å². The van der Waals surface area contributed by atoms with Crippen LogP contribution in [0.2, 0.25) is 0 Å². The van der Waals surface area contributed by atoms with Gasteiger partial charge in [-0.15, -0.1) is 0 Å². The minimum absolute atomic E-state index is 0.0520. The van der Waals surface area contributed by atoms with Crippen LogP contribution in [0, 0.1) is 5.82 Å². The number of halogens is 1. The Labute approximate surface area is 166 Å². The third kappa shape index (κ3) is 4.47. The van der Waals surface area contributed by atoms with Crippen LogP contribution in [0.5, 0.6) is 0 Å². The highest BCUT2D eigenvalue weighted by Crippen LogP contribution is 2.34. The quantitative estimate of drug-likeness (QED) is 0.792. The van der Waals surface area contributed by atoms with E-state index in [0.29, 0.717) is 30.2 Å². The number of hydrogen-bond donors (Lipinski definition) is 0. The minimum atomic E-state index is -0.290. The molecule has 28 heavy (non-hydrogen) atoms. The number of aromatic nitrogens is 2. The van der Waals surface area contributed by atoms with E-state index < -0.39 is 0 Å². The molecule has 2 aromatic rings. The molecule has 0 radical (unpaired) electrons. The zero-order chi connectivity index (χ0) is 20.3. The lowest BCUT2D eigenvalue weighted by molar-refractivity contribution is -0.133. The first-order valence-electron chi connectivity index (χ1n) is 9.58. The Balaban J connectivity index is 1.98. The highest BCUT2D eigenvalue weighted by Gasteiger charge is 2.29. The second-order valence-corrected chi connectivity index (χ2v) is 7.76. The van der Waals surface area contributed by atoms with E-state index in [-0.39, 0.29) is 17.6 Å². The van der Waals surface area contributed by atoms with Crippen LogP contribution in [0.1, 0.15) is 24.5 Å². The van der Waals surface area contributed by atoms with Crippen LogP contribution in [-0.4, -0.2) is 73.5 Å². The summed E-state index contributed by atoms with van der Waals surface area (Å²) in [5, 5.41) is 0. The van der Waals surface area contributed by atoms with Gasteiger partial charge in [0.25, 0.3) is 0 Å². The highest BCUT2D eigenvalue weighted by molar-refractivity contribution is 5.78. The second-order valence-electron chi connectivity index (χ2n) is 7.76. The van der Waals surface area contributed by atoms with Gasteiger partial charge in [0.1, 0.15) is 5.82 Å². The molecule has 1 aliphatic heterocycles. The van der Waals surface area contributed by atoms with Crippen molar-refractivity contribution >= 4 is 11.9 Å². The Morgan fingerprint density at radius 3 is 2.64 bits per heavy atom. The van der Waals surface area contributed by atoms with Crippen molar-refractivity contribution in [3.05, 3.63) is 42.0 Å². The summed E-state index contributed by atoms with van der Waals surface area (Å²) >= 11 is 0. The topological polar surface area (TPSA) is 52.6 Å². The predicted molar refractivity (Wildman–Crippen MR) is 109 cm³/mol. The van der Waals surface area contributed by atoms with Crippen LogP contribution >= 0.6 is 0 Å². The Kier molecular flexibility index (Phi) is 6.24. The zero-order valence-electron chi connectivity index (χ0n) is 17.0. The molecule has 1 aromatic heterocycles. The molecule has 0 saturated carbocycles. The number of nitrogens with zero attached hydrogens (tertiary/aromatic N) is 5. The molecule has 0 spiro atoms. The summed E-state index contributed by atoms with van der Waals surface area (Å²) in [5.41, 5.74) is 2.02. The molecule has 0 N–H and O–H groups in total. The van der Waals surface area contributed by atoms with Gasteiger partial charge < -0.3 is 14.7 Å². The average molecular weight is 385 g/mol. The summed E-state index contributed by atoms with van der Waals surface area (Å²) in [6.45, 7) is 1.74. The normalized spacial score (nSPS) is 17.1. The van der Waals surface area contributed by atoms with Crippen molar-refractivity contribution in [3.63, 3.8) is 0 Å². The molecule has 1 atom stereocenters. The molecule has 0 aliphatic carbocycles. The smallest absolute Gasteiger partial charge is 0.236 e. The van der Waals surface area contributed by atoms with Crippen LogP contribution in [-0.2, 0) is 4.79 Å². The van der Waals surface area contributed by atoms with E-state index in [1.807, 2.05) is 49.0 Å². The molecule has 150 valence electrons. The van der Waals surface area contributed by atoms with Crippen molar-refractivity contribution in [3.8, 4) is 11.1 Å². The molecule has 1 fully saturated rings. The first kappa shape index (κ1) is 20.2. The van der Waals surface area contributed by atoms with E-state index in [4.69, 9.17) is 4.98 Å². The fourth-order valence-corrected chi connectivity index (χ4v) is 3.60. The third-order valence-corrected chi connectivity index (χ3v) is 4.98. The van der Waals surface area contributed by atoms with Crippen LogP contribution in [0.25, 0.3) is 11.1 Å². The molecule has 1 aliphatic rings. The van der Waals surface area contributed by atoms with E-state index in [1.165, 1.54) is 6.07 Å². The number of rotatable bonds is 5. The molecule has 0 bridgehead atoms. The van der Waals surface area contributed by atoms with Crippen molar-refractivity contribution in [2.45, 2.75) is 18.8 Å². The average Bonchev–Trinajstić information content (AvgIpc) is 2.67. The highest BCUT2D eigenvalue weighted by atomic mass is 19.1. The van der Waals surface area contributed by atoms with Crippen LogP contribution in [0.4, 0.5) is 10.3 Å². The Morgan fingerprint density at radius 2 is 1.96 bits per heavy atom. The van der Waals surface area contributed by atoms with Crippen LogP contribution < -0.4 is 4.90 Å². The molecule has 2 heterocycles. The van der Waals surface area contributed by atoms with E-state index >= 15 is 0 Å². The Bertz CT molecular complexity index is 839. The van der Waals surface area contributed by atoms with Crippen LogP contribution in [0.3, 0.4) is 0 Å². The molecule has 7 heteroatoms. The van der Waals surface area contributed by atoms with Gasteiger partial charge in [0.2, 0.25) is 11.9 Å². The fourth-order valence-electron chi connectivity index (χ4n) is 3.60. The summed E-state index contributed by atoms with van der Waals surface area (Å²) in [4.78, 5) is 27.3. The van der Waals surface area contributed by atoms with Gasteiger partial charge in [-0.2, -0.15) is 0 Å². The van der Waals surface area contributed by atoms with Crippen molar-refractivity contribution in [1.82, 2.24) is 19.8 Å². The molecule has 1 aromatic carbocycles. The van der Waals surface area contributed by atoms with Crippen LogP contribution in [0.15, 0.2) is 30.5 Å². The summed E-state index contributed by atoms with van der Waals surface area (Å²) in [5.74, 6) is 0.466. The van der Waals surface area contributed by atoms with E-state index in [2.05, 4.69) is 4.98 Å². The number of hydrogen-bond acceptors (Lipinski definition) is 5. The van der Waals surface area contributed by atoms with Gasteiger partial charge in [-0.3, -0.25) is 4.79 Å². The number of carbonyl (C=O) groups is 1. The summed E-state index contributed by atoms with van der Waals surface area (Å²) in [6.07, 6.45) is 3.52. The summed E-state index contributed by atoms with van der Waals surface area (Å²) in [7, 11) is 7.55. The zero-order valence-corrected chi connectivity index (χ0v) is 17.0. The van der Waals surface area contributed by atoms with Gasteiger partial charge in [-0.1, -0.05) is 18.2 Å². The number of carbonyl (C=O) groups excluding carboxylic acids is 1. The van der Waals surface area contributed by atoms with Crippen molar-refractivity contribution in [2.24, 2.45) is 0 Å². The number of anilines is 1. The lowest BCUT2D eigenvalue weighted by Gasteiger charge is -2.34. The standard InChI is InChI=1S/C21H28FN5O/c1-25(2)14-19(28)27-11-7-8-15(13-27)20-17(12-23-21(24-20)26(3)4)16-9-5-6-10-18(16)22/h5-6,9-10,12,15H,7-8,11,13-14H2,1-4H3. The molecule has 1 unspecified atom stereocenters. The first-order valence-corrected chi connectivity index (χ1v) is 9.58. The molecule has 1 amide bonds. The van der Waals surface area contributed by atoms with Gasteiger partial charge in [0.05, 0.1) is 12.2 Å². The van der Waals surface area contributed by atoms with Gasteiger partial charge in [-0.05, 0) is 33.0 Å². The largest absolute Gasteiger partial charge is 0.347 e. The number of piperidine rings is 1. The lowest BCUT2D eigenvalue weighted by atomic mass is 9.89. The fraction of sp³-hybridized carbons (Fsp3) is 0.476. The maximum Gasteiger partial charge on any atom is 0.236 e. The van der Waals surface area contributed by atoms with E-state index in [9.17, 15) is 9.18 Å². The number of amides is 1. The second kappa shape index (κ2) is 8.65. The maximum atomic E-state index is 14.5. The van der Waals surface area contributed by atoms with Gasteiger partial charge >= 0.3 is 0 Å². The Hall–Kier alpha value is -2.54. The lowest BCUT2D eigenvalue weighted by Crippen LogP contribution is -2.43. The van der Waals surface area contributed by atoms with Crippen molar-refractivity contribution < 1.29 is 9.18 Å². The minimum Gasteiger partial charge on any atom is -0.347 e. The number of benzene rings is 1. The van der Waals surface area contributed by atoms with Crippen molar-refractivity contribution in [1.29, 1.82) is 0 Å². The molecule has 3 rings (SSSR count). The summed E-state index contributed by atoms with van der Waals surface area (Å²) in [6, 6.07) is 6.70. The maximum absolute atomic E-state index is 14.5. The molecule has 1 saturated heterocycles. The van der Waals surface area contributed by atoms with E-state index in [0.717, 1.165) is 25.1 Å². The number of likely N-dealkylation sites (N-methyl/N-ethyl adjacent to an activating group) is 1. The monoisotopic (exact) mass is 385 g/mol.